The van der Waals surface area contributed by atoms with Crippen molar-refractivity contribution in [3.63, 3.8) is 0 Å². The van der Waals surface area contributed by atoms with Gasteiger partial charge in [0.2, 0.25) is 17.7 Å². The van der Waals surface area contributed by atoms with Gasteiger partial charge in [0.1, 0.15) is 6.04 Å². The van der Waals surface area contributed by atoms with E-state index in [-0.39, 0.29) is 18.8 Å². The molecule has 0 aromatic rings. The highest BCUT2D eigenvalue weighted by Crippen LogP contribution is 1.85. The minimum absolute atomic E-state index is 0.103. The van der Waals surface area contributed by atoms with Gasteiger partial charge in [-0.2, -0.15) is 12.6 Å². The standard InChI is InChI=1S/C7H14N4O3S/c8-1-5(12)10-2-6(13)11-4(3-15)7(9)14/h4,15H,1-3,8H2,(H2,9,14)(H,10,12)(H,11,13). The fourth-order valence-electron chi connectivity index (χ4n) is 0.703. The molecule has 1 unspecified atom stereocenters. The van der Waals surface area contributed by atoms with E-state index in [2.05, 4.69) is 23.3 Å². The van der Waals surface area contributed by atoms with Crippen LogP contribution in [0, 0.1) is 0 Å². The lowest BCUT2D eigenvalue weighted by Crippen LogP contribution is -2.49. The average molecular weight is 234 g/mol. The topological polar surface area (TPSA) is 127 Å². The van der Waals surface area contributed by atoms with Crippen LogP contribution in [0.3, 0.4) is 0 Å². The van der Waals surface area contributed by atoms with Crippen molar-refractivity contribution in [2.45, 2.75) is 6.04 Å². The Hall–Kier alpha value is -1.28. The third-order valence-corrected chi connectivity index (χ3v) is 1.86. The van der Waals surface area contributed by atoms with Gasteiger partial charge in [0.15, 0.2) is 0 Å². The number of thiol groups is 1. The first kappa shape index (κ1) is 13.7. The third-order valence-electron chi connectivity index (χ3n) is 1.49. The Balaban J connectivity index is 3.91. The van der Waals surface area contributed by atoms with Crippen LogP contribution >= 0.6 is 12.6 Å². The molecule has 15 heavy (non-hydrogen) atoms. The number of hydrogen-bond acceptors (Lipinski definition) is 5. The number of amides is 3. The number of nitrogens with two attached hydrogens (primary N) is 2. The van der Waals surface area contributed by atoms with Gasteiger partial charge in [0, 0.05) is 5.75 Å². The Morgan fingerprint density at radius 1 is 1.27 bits per heavy atom. The Morgan fingerprint density at radius 2 is 1.87 bits per heavy atom. The van der Waals surface area contributed by atoms with Crippen LogP contribution in [0.2, 0.25) is 0 Å². The lowest BCUT2D eigenvalue weighted by atomic mass is 10.3. The normalized spacial score (nSPS) is 11.6. The van der Waals surface area contributed by atoms with E-state index in [0.29, 0.717) is 0 Å². The first-order valence-corrected chi connectivity index (χ1v) is 4.80. The Kier molecular flexibility index (Phi) is 6.47. The zero-order chi connectivity index (χ0) is 11.8. The fourth-order valence-corrected chi connectivity index (χ4v) is 0.974. The Bertz CT molecular complexity index is 259. The number of rotatable bonds is 6. The number of carbonyl (C=O) groups excluding carboxylic acids is 3. The second-order valence-corrected chi connectivity index (χ2v) is 3.05. The van der Waals surface area contributed by atoms with Gasteiger partial charge in [0.25, 0.3) is 0 Å². The summed E-state index contributed by atoms with van der Waals surface area (Å²) in [7, 11) is 0. The van der Waals surface area contributed by atoms with Crippen LogP contribution in [0.1, 0.15) is 0 Å². The van der Waals surface area contributed by atoms with Crippen molar-refractivity contribution in [2.75, 3.05) is 18.8 Å². The van der Waals surface area contributed by atoms with Crippen molar-refractivity contribution in [1.29, 1.82) is 0 Å². The Morgan fingerprint density at radius 3 is 2.27 bits per heavy atom. The van der Waals surface area contributed by atoms with Crippen LogP contribution in [0.25, 0.3) is 0 Å². The van der Waals surface area contributed by atoms with E-state index in [1.54, 1.807) is 0 Å². The zero-order valence-electron chi connectivity index (χ0n) is 8.03. The van der Waals surface area contributed by atoms with E-state index in [1.807, 2.05) is 0 Å². The van der Waals surface area contributed by atoms with Crippen molar-refractivity contribution in [3.05, 3.63) is 0 Å². The molecule has 0 aromatic heterocycles. The summed E-state index contributed by atoms with van der Waals surface area (Å²) in [5, 5.41) is 4.55. The molecule has 0 saturated carbocycles. The van der Waals surface area contributed by atoms with E-state index >= 15 is 0 Å². The molecule has 3 amide bonds. The molecule has 0 saturated heterocycles. The number of hydrogen-bond donors (Lipinski definition) is 5. The number of nitrogens with one attached hydrogen (secondary N) is 2. The molecular formula is C7H14N4O3S. The molecule has 7 nitrogen and oxygen atoms in total. The van der Waals surface area contributed by atoms with Gasteiger partial charge in [0.05, 0.1) is 13.1 Å². The van der Waals surface area contributed by atoms with E-state index in [9.17, 15) is 14.4 Å². The molecule has 1 atom stereocenters. The molecule has 0 aliphatic rings. The maximum Gasteiger partial charge on any atom is 0.240 e. The summed E-state index contributed by atoms with van der Waals surface area (Å²) in [5.41, 5.74) is 9.97. The average Bonchev–Trinajstić information content (AvgIpc) is 2.21. The van der Waals surface area contributed by atoms with Crippen molar-refractivity contribution >= 4 is 30.4 Å². The van der Waals surface area contributed by atoms with E-state index in [4.69, 9.17) is 11.5 Å². The molecule has 0 aliphatic carbocycles. The second kappa shape index (κ2) is 7.07. The lowest BCUT2D eigenvalue weighted by Gasteiger charge is -2.12. The van der Waals surface area contributed by atoms with Gasteiger partial charge in [-0.25, -0.2) is 0 Å². The monoisotopic (exact) mass is 234 g/mol. The molecule has 0 heterocycles. The molecule has 8 heteroatoms. The predicted molar refractivity (Wildman–Crippen MR) is 57.0 cm³/mol. The summed E-state index contributed by atoms with van der Waals surface area (Å²) in [6.45, 7) is -0.438. The Labute approximate surface area is 92.3 Å². The second-order valence-electron chi connectivity index (χ2n) is 2.69. The van der Waals surface area contributed by atoms with Crippen LogP contribution in [0.15, 0.2) is 0 Å². The van der Waals surface area contributed by atoms with Gasteiger partial charge >= 0.3 is 0 Å². The van der Waals surface area contributed by atoms with Gasteiger partial charge < -0.3 is 22.1 Å². The summed E-state index contributed by atoms with van der Waals surface area (Å²) in [5.74, 6) is -1.55. The summed E-state index contributed by atoms with van der Waals surface area (Å²) in [6.07, 6.45) is 0. The molecule has 6 N–H and O–H groups in total. The minimum atomic E-state index is -0.837. The van der Waals surface area contributed by atoms with Crippen LogP contribution in [-0.4, -0.2) is 42.6 Å². The molecule has 0 aromatic carbocycles. The maximum atomic E-state index is 11.1. The third kappa shape index (κ3) is 5.92. The van der Waals surface area contributed by atoms with E-state index < -0.39 is 23.8 Å². The largest absolute Gasteiger partial charge is 0.368 e. The van der Waals surface area contributed by atoms with E-state index in [0.717, 1.165) is 0 Å². The van der Waals surface area contributed by atoms with Crippen molar-refractivity contribution < 1.29 is 14.4 Å². The maximum absolute atomic E-state index is 11.1. The van der Waals surface area contributed by atoms with Gasteiger partial charge in [-0.3, -0.25) is 14.4 Å². The summed E-state index contributed by atoms with van der Waals surface area (Å²) < 4.78 is 0. The quantitative estimate of drug-likeness (QED) is 0.313. The summed E-state index contributed by atoms with van der Waals surface area (Å²) in [6, 6.07) is -0.837. The molecule has 0 aliphatic heterocycles. The predicted octanol–water partition coefficient (Wildman–Crippen LogP) is -3.04. The van der Waals surface area contributed by atoms with Crippen molar-refractivity contribution in [1.82, 2.24) is 10.6 Å². The SMILES string of the molecule is NCC(=O)NCC(=O)NC(CS)C(N)=O. The van der Waals surface area contributed by atoms with Gasteiger partial charge in [-0.1, -0.05) is 0 Å². The first-order valence-electron chi connectivity index (χ1n) is 4.17. The minimum Gasteiger partial charge on any atom is -0.368 e. The smallest absolute Gasteiger partial charge is 0.240 e. The molecule has 0 radical (unpaired) electrons. The lowest BCUT2D eigenvalue weighted by molar-refractivity contribution is -0.128. The van der Waals surface area contributed by atoms with Crippen molar-refractivity contribution in [3.8, 4) is 0 Å². The molecule has 0 bridgehead atoms. The van der Waals surface area contributed by atoms with Crippen LogP contribution < -0.4 is 22.1 Å². The highest BCUT2D eigenvalue weighted by molar-refractivity contribution is 7.80. The highest BCUT2D eigenvalue weighted by Gasteiger charge is 2.15. The van der Waals surface area contributed by atoms with E-state index in [1.165, 1.54) is 0 Å². The van der Waals surface area contributed by atoms with Crippen LogP contribution in [0.5, 0.6) is 0 Å². The van der Waals surface area contributed by atoms with Crippen molar-refractivity contribution in [2.24, 2.45) is 11.5 Å². The molecule has 0 fully saturated rings. The molecule has 0 spiro atoms. The summed E-state index contributed by atoms with van der Waals surface area (Å²) in [4.78, 5) is 32.5. The zero-order valence-corrected chi connectivity index (χ0v) is 8.92. The number of primary amides is 1. The van der Waals surface area contributed by atoms with Gasteiger partial charge in [-0.05, 0) is 0 Å². The fraction of sp³-hybridized carbons (Fsp3) is 0.571. The van der Waals surface area contributed by atoms with Crippen LogP contribution in [-0.2, 0) is 14.4 Å². The molecule has 86 valence electrons. The number of carbonyl (C=O) groups is 3. The molecule has 0 rings (SSSR count). The highest BCUT2D eigenvalue weighted by atomic mass is 32.1. The first-order chi connectivity index (χ1) is 7.01. The summed E-state index contributed by atoms with van der Waals surface area (Å²) >= 11 is 3.83. The van der Waals surface area contributed by atoms with Crippen LogP contribution in [0.4, 0.5) is 0 Å². The molecular weight excluding hydrogens is 220 g/mol. The van der Waals surface area contributed by atoms with Gasteiger partial charge in [-0.15, -0.1) is 0 Å².